The lowest BCUT2D eigenvalue weighted by Crippen LogP contribution is -2.14. The lowest BCUT2D eigenvalue weighted by Gasteiger charge is -1.98. The molecule has 0 unspecified atom stereocenters. The lowest BCUT2D eigenvalue weighted by atomic mass is 10.3. The molecule has 70 valence electrons. The van der Waals surface area contributed by atoms with E-state index in [1.54, 1.807) is 29.9 Å². The molecule has 2 aromatic heterocycles. The van der Waals surface area contributed by atoms with E-state index < -0.39 is 0 Å². The normalized spacial score (nSPS) is 9.71. The molecule has 6 heteroatoms. The highest BCUT2D eigenvalue weighted by molar-refractivity contribution is 7.03. The Morgan fingerprint density at radius 3 is 2.93 bits per heavy atom. The average Bonchev–Trinajstić information content (AvgIpc) is 2.72. The third-order valence-electron chi connectivity index (χ3n) is 1.48. The summed E-state index contributed by atoms with van der Waals surface area (Å²) in [5, 5.41) is 2.52. The van der Waals surface area contributed by atoms with Gasteiger partial charge in [0.25, 0.3) is 5.91 Å². The number of anilines is 1. The molecule has 0 aliphatic heterocycles. The molecule has 2 rings (SSSR count). The number of carbonyl (C=O) groups excluding carboxylic acids is 1. The Morgan fingerprint density at radius 1 is 1.36 bits per heavy atom. The Hall–Kier alpha value is -1.82. The summed E-state index contributed by atoms with van der Waals surface area (Å²) in [6.45, 7) is 0. The van der Waals surface area contributed by atoms with Gasteiger partial charge in [0.05, 0.1) is 0 Å². The van der Waals surface area contributed by atoms with Gasteiger partial charge in [-0.05, 0) is 23.7 Å². The zero-order valence-electron chi connectivity index (χ0n) is 7.04. The van der Waals surface area contributed by atoms with Gasteiger partial charge >= 0.3 is 0 Å². The molecule has 0 spiro atoms. The van der Waals surface area contributed by atoms with E-state index in [1.807, 2.05) is 0 Å². The van der Waals surface area contributed by atoms with Gasteiger partial charge in [-0.2, -0.15) is 4.37 Å². The van der Waals surface area contributed by atoms with Crippen LogP contribution in [0.25, 0.3) is 0 Å². The molecule has 1 amide bonds. The van der Waals surface area contributed by atoms with Crippen LogP contribution >= 0.6 is 11.5 Å². The highest BCUT2D eigenvalue weighted by Crippen LogP contribution is 2.02. The van der Waals surface area contributed by atoms with Gasteiger partial charge in [0, 0.05) is 6.20 Å². The van der Waals surface area contributed by atoms with Crippen molar-refractivity contribution in [3.8, 4) is 0 Å². The van der Waals surface area contributed by atoms with E-state index in [2.05, 4.69) is 19.7 Å². The minimum absolute atomic E-state index is 0.302. The van der Waals surface area contributed by atoms with E-state index in [4.69, 9.17) is 0 Å². The number of rotatable bonds is 2. The fourth-order valence-electron chi connectivity index (χ4n) is 0.888. The SMILES string of the molecule is O=C(Nc1ncsn1)c1ccccn1. The van der Waals surface area contributed by atoms with Gasteiger partial charge in [-0.15, -0.1) is 0 Å². The molecule has 0 aliphatic rings. The zero-order valence-corrected chi connectivity index (χ0v) is 7.86. The first-order valence-corrected chi connectivity index (χ1v) is 4.68. The van der Waals surface area contributed by atoms with Gasteiger partial charge in [-0.25, -0.2) is 4.98 Å². The van der Waals surface area contributed by atoms with Crippen molar-refractivity contribution in [3.63, 3.8) is 0 Å². The predicted octanol–water partition coefficient (Wildman–Crippen LogP) is 1.19. The number of amides is 1. The van der Waals surface area contributed by atoms with E-state index in [1.165, 1.54) is 11.5 Å². The zero-order chi connectivity index (χ0) is 9.80. The minimum Gasteiger partial charge on any atom is -0.288 e. The topological polar surface area (TPSA) is 67.8 Å². The van der Waals surface area contributed by atoms with Crippen LogP contribution in [0.4, 0.5) is 5.95 Å². The molecule has 0 atom stereocenters. The predicted molar refractivity (Wildman–Crippen MR) is 52.1 cm³/mol. The average molecular weight is 206 g/mol. The maximum atomic E-state index is 11.5. The Labute approximate surface area is 84.0 Å². The Bertz CT molecular complexity index is 414. The molecule has 2 heterocycles. The molecular formula is C8H6N4OS. The smallest absolute Gasteiger partial charge is 0.276 e. The van der Waals surface area contributed by atoms with Crippen LogP contribution in [0.3, 0.4) is 0 Å². The first-order chi connectivity index (χ1) is 6.86. The first-order valence-electron chi connectivity index (χ1n) is 3.85. The molecule has 0 fully saturated rings. The number of aromatic nitrogens is 3. The summed E-state index contributed by atoms with van der Waals surface area (Å²) in [7, 11) is 0. The van der Waals surface area contributed by atoms with Gasteiger partial charge in [-0.1, -0.05) is 6.07 Å². The molecule has 0 radical (unpaired) electrons. The van der Waals surface area contributed by atoms with E-state index in [9.17, 15) is 4.79 Å². The van der Waals surface area contributed by atoms with Crippen molar-refractivity contribution >= 4 is 23.4 Å². The summed E-state index contributed by atoms with van der Waals surface area (Å²) < 4.78 is 3.85. The molecule has 5 nitrogen and oxygen atoms in total. The molecule has 0 aromatic carbocycles. The largest absolute Gasteiger partial charge is 0.288 e. The summed E-state index contributed by atoms with van der Waals surface area (Å²) in [5.41, 5.74) is 1.90. The van der Waals surface area contributed by atoms with Crippen LogP contribution in [-0.4, -0.2) is 20.2 Å². The monoisotopic (exact) mass is 206 g/mol. The van der Waals surface area contributed by atoms with Crippen molar-refractivity contribution < 1.29 is 4.79 Å². The summed E-state index contributed by atoms with van der Waals surface area (Å²) >= 11 is 1.18. The second kappa shape index (κ2) is 3.93. The Morgan fingerprint density at radius 2 is 2.29 bits per heavy atom. The Balaban J connectivity index is 2.11. The van der Waals surface area contributed by atoms with Crippen molar-refractivity contribution in [1.82, 2.24) is 14.3 Å². The fraction of sp³-hybridized carbons (Fsp3) is 0. The van der Waals surface area contributed by atoms with E-state index in [-0.39, 0.29) is 5.91 Å². The fourth-order valence-corrected chi connectivity index (χ4v) is 1.28. The van der Waals surface area contributed by atoms with Crippen molar-refractivity contribution in [3.05, 3.63) is 35.6 Å². The molecule has 14 heavy (non-hydrogen) atoms. The number of nitrogens with zero attached hydrogens (tertiary/aromatic N) is 3. The summed E-state index contributed by atoms with van der Waals surface area (Å²) in [5.74, 6) is 0.00894. The molecule has 0 saturated carbocycles. The standard InChI is InChI=1S/C8H6N4OS/c13-7(6-3-1-2-4-9-6)11-8-10-5-14-12-8/h1-5H,(H,11,12,13). The third-order valence-corrected chi connectivity index (χ3v) is 1.96. The lowest BCUT2D eigenvalue weighted by molar-refractivity contribution is 0.102. The molecular weight excluding hydrogens is 200 g/mol. The maximum Gasteiger partial charge on any atom is 0.276 e. The molecule has 0 bridgehead atoms. The van der Waals surface area contributed by atoms with Crippen LogP contribution in [0, 0.1) is 0 Å². The number of hydrogen-bond acceptors (Lipinski definition) is 5. The van der Waals surface area contributed by atoms with Crippen molar-refractivity contribution in [2.75, 3.05) is 5.32 Å². The van der Waals surface area contributed by atoms with Gasteiger partial charge in [0.2, 0.25) is 5.95 Å². The van der Waals surface area contributed by atoms with Crippen LogP contribution in [0.5, 0.6) is 0 Å². The number of carbonyl (C=O) groups is 1. The van der Waals surface area contributed by atoms with E-state index >= 15 is 0 Å². The molecule has 0 saturated heterocycles. The van der Waals surface area contributed by atoms with Gasteiger partial charge < -0.3 is 0 Å². The third kappa shape index (κ3) is 1.91. The van der Waals surface area contributed by atoms with Crippen LogP contribution in [-0.2, 0) is 0 Å². The second-order valence-electron chi connectivity index (χ2n) is 2.42. The summed E-state index contributed by atoms with van der Waals surface area (Å²) in [6.07, 6.45) is 1.56. The van der Waals surface area contributed by atoms with E-state index in [0.717, 1.165) is 0 Å². The Kier molecular flexibility index (Phi) is 2.46. The van der Waals surface area contributed by atoms with Crippen LogP contribution in [0.1, 0.15) is 10.5 Å². The summed E-state index contributed by atoms with van der Waals surface area (Å²) in [4.78, 5) is 19.2. The second-order valence-corrected chi connectivity index (χ2v) is 3.03. The van der Waals surface area contributed by atoms with Crippen molar-refractivity contribution in [1.29, 1.82) is 0 Å². The maximum absolute atomic E-state index is 11.5. The molecule has 2 aromatic rings. The van der Waals surface area contributed by atoms with Gasteiger partial charge in [-0.3, -0.25) is 15.1 Å². The molecule has 1 N–H and O–H groups in total. The number of hydrogen-bond donors (Lipinski definition) is 1. The summed E-state index contributed by atoms with van der Waals surface area (Å²) in [6, 6.07) is 5.12. The number of nitrogens with one attached hydrogen (secondary N) is 1. The highest BCUT2D eigenvalue weighted by atomic mass is 32.1. The van der Waals surface area contributed by atoms with Crippen LogP contribution in [0.15, 0.2) is 29.9 Å². The van der Waals surface area contributed by atoms with E-state index in [0.29, 0.717) is 11.6 Å². The highest BCUT2D eigenvalue weighted by Gasteiger charge is 2.07. The van der Waals surface area contributed by atoms with Crippen molar-refractivity contribution in [2.24, 2.45) is 0 Å². The quantitative estimate of drug-likeness (QED) is 0.801. The first kappa shape index (κ1) is 8.76. The van der Waals surface area contributed by atoms with Gasteiger partial charge in [0.1, 0.15) is 11.2 Å². The van der Waals surface area contributed by atoms with Gasteiger partial charge in [0.15, 0.2) is 0 Å². The van der Waals surface area contributed by atoms with Crippen LogP contribution in [0.2, 0.25) is 0 Å². The minimum atomic E-state index is -0.302. The number of pyridine rings is 1. The molecule has 0 aliphatic carbocycles. The van der Waals surface area contributed by atoms with Crippen molar-refractivity contribution in [2.45, 2.75) is 0 Å². The van der Waals surface area contributed by atoms with Crippen LogP contribution < -0.4 is 5.32 Å².